The maximum atomic E-state index is 7.00. The number of hydrogen-bond donors (Lipinski definition) is 3. The molecule has 0 unspecified atom stereocenters. The predicted octanol–water partition coefficient (Wildman–Crippen LogP) is 15.7. The van der Waals surface area contributed by atoms with Crippen LogP contribution in [0.1, 0.15) is 185 Å². The van der Waals surface area contributed by atoms with Crippen LogP contribution in [0.2, 0.25) is 0 Å². The first-order valence-corrected chi connectivity index (χ1v) is 22.4. The molecule has 0 aliphatic heterocycles. The van der Waals surface area contributed by atoms with Gasteiger partial charge >= 0.3 is 0 Å². The van der Waals surface area contributed by atoms with Crippen LogP contribution < -0.4 is 10.6 Å². The van der Waals surface area contributed by atoms with Crippen LogP contribution >= 0.6 is 0 Å². The number of rotatable bonds is 12. The van der Waals surface area contributed by atoms with E-state index in [2.05, 4.69) is 160 Å². The van der Waals surface area contributed by atoms with E-state index in [0.29, 0.717) is 11.6 Å². The fourth-order valence-corrected chi connectivity index (χ4v) is 5.43. The number of aliphatic imine (C=N–C) groups is 2. The lowest BCUT2D eigenvalue weighted by molar-refractivity contribution is 0.351. The van der Waals surface area contributed by atoms with Gasteiger partial charge in [-0.25, -0.2) is 0 Å². The summed E-state index contributed by atoms with van der Waals surface area (Å²) in [5.41, 5.74) is 12.2. The SMILES string of the molecule is C/C=C(/CC)N=C(C)c1ccccc1C.C=C(C/C(=C/C)N=C(C)c1ccc(C)cc1C)NCC.C=CC.CC.CC.CC.CC.CC(C)NC1(C(C)C)CC1.CO. The largest absolute Gasteiger partial charge is 0.400 e. The Kier molecular flexibility index (Phi) is 50.9. The Morgan fingerprint density at radius 1 is 0.741 bits per heavy atom. The number of aliphatic hydroxyl groups is 1. The van der Waals surface area contributed by atoms with E-state index in [9.17, 15) is 0 Å². The lowest BCUT2D eigenvalue weighted by Gasteiger charge is -2.23. The minimum absolute atomic E-state index is 0.522. The lowest BCUT2D eigenvalue weighted by Crippen LogP contribution is -2.40. The minimum Gasteiger partial charge on any atom is -0.400 e. The molecule has 3 N–H and O–H groups in total. The molecule has 0 heterocycles. The second-order valence-electron chi connectivity index (χ2n) is 13.3. The van der Waals surface area contributed by atoms with Crippen molar-refractivity contribution in [3.8, 4) is 0 Å². The first-order valence-electron chi connectivity index (χ1n) is 22.4. The Labute approximate surface area is 363 Å². The molecule has 5 heteroatoms. The summed E-state index contributed by atoms with van der Waals surface area (Å²) in [6.07, 6.45) is 10.4. The summed E-state index contributed by atoms with van der Waals surface area (Å²) in [6.45, 7) is 54.0. The van der Waals surface area contributed by atoms with Crippen LogP contribution in [-0.2, 0) is 0 Å². The molecular weight excluding hydrogens is 709 g/mol. The molecule has 2 aromatic carbocycles. The molecule has 1 aliphatic rings. The van der Waals surface area contributed by atoms with Gasteiger partial charge in [-0.3, -0.25) is 9.98 Å². The molecule has 2 aromatic rings. The van der Waals surface area contributed by atoms with E-state index in [1.807, 2.05) is 76.2 Å². The Bertz CT molecular complexity index is 1390. The average Bonchev–Trinajstić information content (AvgIpc) is 4.01. The summed E-state index contributed by atoms with van der Waals surface area (Å²) < 4.78 is 0. The molecule has 3 rings (SSSR count). The molecule has 0 aromatic heterocycles. The highest BCUT2D eigenvalue weighted by atomic mass is 16.2. The highest BCUT2D eigenvalue weighted by Gasteiger charge is 2.45. The second kappa shape index (κ2) is 44.6. The normalized spacial score (nSPS) is 12.2. The topological polar surface area (TPSA) is 69.0 Å². The van der Waals surface area contributed by atoms with Crippen LogP contribution in [0.15, 0.2) is 101 Å². The van der Waals surface area contributed by atoms with E-state index in [0.717, 1.165) is 60.9 Å². The lowest BCUT2D eigenvalue weighted by atomic mass is 10.0. The van der Waals surface area contributed by atoms with Crippen molar-refractivity contribution in [3.63, 3.8) is 0 Å². The molecule has 5 nitrogen and oxygen atoms in total. The third kappa shape index (κ3) is 32.4. The summed E-state index contributed by atoms with van der Waals surface area (Å²) in [6, 6.07) is 15.5. The van der Waals surface area contributed by atoms with Crippen LogP contribution in [0.3, 0.4) is 0 Å². The number of benzene rings is 2. The molecule has 58 heavy (non-hydrogen) atoms. The fourth-order valence-electron chi connectivity index (χ4n) is 5.43. The van der Waals surface area contributed by atoms with Gasteiger partial charge in [0.2, 0.25) is 0 Å². The third-order valence-electron chi connectivity index (χ3n) is 8.25. The Morgan fingerprint density at radius 3 is 1.50 bits per heavy atom. The van der Waals surface area contributed by atoms with E-state index in [1.54, 1.807) is 6.08 Å². The second-order valence-corrected chi connectivity index (χ2v) is 13.3. The van der Waals surface area contributed by atoms with E-state index in [1.165, 1.54) is 40.7 Å². The van der Waals surface area contributed by atoms with Gasteiger partial charge in [0, 0.05) is 60.2 Å². The minimum atomic E-state index is 0.522. The summed E-state index contributed by atoms with van der Waals surface area (Å²) in [4.78, 5) is 9.38. The smallest absolute Gasteiger partial charge is 0.0450 e. The quantitative estimate of drug-likeness (QED) is 0.148. The zero-order chi connectivity index (χ0) is 46.9. The number of allylic oxidation sites excluding steroid dienone is 4. The average molecular weight is 807 g/mol. The molecule has 0 bridgehead atoms. The van der Waals surface area contributed by atoms with Gasteiger partial charge in [-0.05, 0) is 110 Å². The van der Waals surface area contributed by atoms with Gasteiger partial charge in [-0.1, -0.05) is 163 Å². The molecule has 336 valence electrons. The number of nitrogens with one attached hydrogen (secondary N) is 2. The van der Waals surface area contributed by atoms with Gasteiger partial charge in [0.25, 0.3) is 0 Å². The van der Waals surface area contributed by atoms with Crippen molar-refractivity contribution < 1.29 is 5.11 Å². The van der Waals surface area contributed by atoms with Gasteiger partial charge in [0.15, 0.2) is 0 Å². The van der Waals surface area contributed by atoms with Crippen molar-refractivity contribution in [2.75, 3.05) is 13.7 Å². The highest BCUT2D eigenvalue weighted by Crippen LogP contribution is 2.42. The van der Waals surface area contributed by atoms with Crippen molar-refractivity contribution in [3.05, 3.63) is 119 Å². The summed E-state index contributed by atoms with van der Waals surface area (Å²) in [5, 5.41) is 13.9. The van der Waals surface area contributed by atoms with Gasteiger partial charge in [-0.15, -0.1) is 6.58 Å². The standard InChI is InChI=1S/C18H26N2.C14H19N.C9H19N.C3H6.4C2H6.CH4O/c1-7-17(12-15(5)19-8-2)20-16(6)18-10-9-13(3)11-14(18)4;1-5-13(6-2)15-12(4)14-10-8-7-9-11(14)3;1-7(2)9(5-6-9)10-8(3)4;1-3-2;5*1-2/h7,9-11,19H,5,8,12H2,1-4,6H3;5,7-10H,6H2,1-4H3;7-8,10H,5-6H2,1-4H3;3H,1H2,2H3;4*1-2H3;2H,1H3/b17-7-,20-16?;13-5-,15-12?;;;;;;;. The number of aliphatic hydroxyl groups excluding tert-OH is 1. The van der Waals surface area contributed by atoms with Crippen LogP contribution in [0.5, 0.6) is 0 Å². The van der Waals surface area contributed by atoms with Gasteiger partial charge < -0.3 is 15.7 Å². The molecule has 0 atom stereocenters. The maximum Gasteiger partial charge on any atom is 0.0450 e. The molecule has 1 saturated carbocycles. The van der Waals surface area contributed by atoms with Crippen molar-refractivity contribution in [2.45, 2.75) is 190 Å². The van der Waals surface area contributed by atoms with Crippen molar-refractivity contribution in [1.82, 2.24) is 10.6 Å². The molecule has 0 spiro atoms. The number of nitrogens with zero attached hydrogens (tertiary/aromatic N) is 2. The predicted molar refractivity (Wildman–Crippen MR) is 271 cm³/mol. The van der Waals surface area contributed by atoms with Crippen molar-refractivity contribution >= 4 is 11.4 Å². The first-order chi connectivity index (χ1) is 27.6. The highest BCUT2D eigenvalue weighted by molar-refractivity contribution is 6.01. The molecule has 1 aliphatic carbocycles. The third-order valence-corrected chi connectivity index (χ3v) is 8.25. The summed E-state index contributed by atoms with van der Waals surface area (Å²) >= 11 is 0. The summed E-state index contributed by atoms with van der Waals surface area (Å²) in [7, 11) is 1.00. The molecule has 1 fully saturated rings. The van der Waals surface area contributed by atoms with E-state index in [-0.39, 0.29) is 0 Å². The maximum absolute atomic E-state index is 7.00. The van der Waals surface area contributed by atoms with Gasteiger partial charge in [0.1, 0.15) is 0 Å². The fraction of sp³-hybridized carbons (Fsp3) is 0.585. The van der Waals surface area contributed by atoms with Crippen LogP contribution in [-0.4, -0.2) is 41.8 Å². The summed E-state index contributed by atoms with van der Waals surface area (Å²) in [5.74, 6) is 0.801. The Hall–Kier alpha value is -3.54. The number of hydrogen-bond acceptors (Lipinski definition) is 5. The molecule has 0 amide bonds. The van der Waals surface area contributed by atoms with Gasteiger partial charge in [-0.2, -0.15) is 0 Å². The molecule has 0 saturated heterocycles. The van der Waals surface area contributed by atoms with E-state index >= 15 is 0 Å². The molecular formula is C53H98N4O. The first kappa shape index (κ1) is 66.3. The van der Waals surface area contributed by atoms with Gasteiger partial charge in [0.05, 0.1) is 0 Å². The van der Waals surface area contributed by atoms with Crippen molar-refractivity contribution in [2.24, 2.45) is 15.9 Å². The Morgan fingerprint density at radius 2 is 1.17 bits per heavy atom. The zero-order valence-corrected chi connectivity index (χ0v) is 42.7. The van der Waals surface area contributed by atoms with Crippen molar-refractivity contribution in [1.29, 1.82) is 0 Å². The van der Waals surface area contributed by atoms with E-state index in [4.69, 9.17) is 10.1 Å². The van der Waals surface area contributed by atoms with Crippen LogP contribution in [0.25, 0.3) is 0 Å². The van der Waals surface area contributed by atoms with Crippen LogP contribution in [0.4, 0.5) is 0 Å². The van der Waals surface area contributed by atoms with Crippen LogP contribution in [0, 0.1) is 26.7 Å². The number of aryl methyl sites for hydroxylation is 3. The monoisotopic (exact) mass is 807 g/mol. The van der Waals surface area contributed by atoms with E-state index < -0.39 is 0 Å². The Balaban J connectivity index is -0.000000157. The molecule has 0 radical (unpaired) electrons. The zero-order valence-electron chi connectivity index (χ0n) is 42.7.